The Morgan fingerprint density at radius 3 is 2.41 bits per heavy atom. The molecule has 1 aliphatic heterocycles. The van der Waals surface area contributed by atoms with Crippen LogP contribution in [0.4, 0.5) is 0 Å². The summed E-state index contributed by atoms with van der Waals surface area (Å²) in [7, 11) is 1.38. The molecule has 4 aromatic carbocycles. The second kappa shape index (κ2) is 12.5. The average Bonchev–Trinajstić information content (AvgIpc) is 3.73. The van der Waals surface area contributed by atoms with Gasteiger partial charge in [-0.15, -0.1) is 0 Å². The highest BCUT2D eigenvalue weighted by molar-refractivity contribution is 5.95. The van der Waals surface area contributed by atoms with Gasteiger partial charge in [0.05, 0.1) is 12.7 Å². The van der Waals surface area contributed by atoms with Crippen molar-refractivity contribution in [2.75, 3.05) is 13.7 Å². The lowest BCUT2D eigenvalue weighted by molar-refractivity contribution is -0.122. The van der Waals surface area contributed by atoms with Crippen LogP contribution >= 0.6 is 0 Å². The van der Waals surface area contributed by atoms with Crippen molar-refractivity contribution in [3.8, 4) is 16.8 Å². The number of hydrogen-bond donors (Lipinski definition) is 1. The number of carbonyl (C=O) groups is 3. The molecule has 46 heavy (non-hydrogen) atoms. The smallest absolute Gasteiger partial charge is 0.337 e. The first kappa shape index (κ1) is 29.3. The summed E-state index contributed by atoms with van der Waals surface area (Å²) in [6, 6.07) is 33.3. The number of carbonyl (C=O) groups excluding carboxylic acids is 3. The largest absolute Gasteiger partial charge is 0.465 e. The molecule has 2 atom stereocenters. The van der Waals surface area contributed by atoms with E-state index in [4.69, 9.17) is 4.74 Å². The molecule has 7 rings (SSSR count). The molecule has 0 radical (unpaired) electrons. The topological polar surface area (TPSA) is 80.6 Å². The molecular weight excluding hydrogens is 574 g/mol. The number of benzene rings is 4. The van der Waals surface area contributed by atoms with Crippen LogP contribution in [-0.2, 0) is 29.0 Å². The van der Waals surface area contributed by atoms with E-state index in [-0.39, 0.29) is 29.6 Å². The van der Waals surface area contributed by atoms with Crippen LogP contribution in [-0.4, -0.2) is 40.9 Å². The van der Waals surface area contributed by atoms with E-state index in [1.54, 1.807) is 6.07 Å². The minimum Gasteiger partial charge on any atom is -0.465 e. The number of amides is 2. The second-order valence-corrected chi connectivity index (χ2v) is 12.0. The van der Waals surface area contributed by atoms with E-state index >= 15 is 0 Å². The normalized spacial score (nSPS) is 16.8. The van der Waals surface area contributed by atoms with Crippen molar-refractivity contribution in [1.29, 1.82) is 0 Å². The fourth-order valence-corrected chi connectivity index (χ4v) is 6.64. The van der Waals surface area contributed by atoms with Gasteiger partial charge in [0.15, 0.2) is 0 Å². The third-order valence-electron chi connectivity index (χ3n) is 9.19. The molecule has 2 amide bonds. The summed E-state index contributed by atoms with van der Waals surface area (Å²) in [6.45, 7) is 1.36. The molecule has 7 nitrogen and oxygen atoms in total. The van der Waals surface area contributed by atoms with Crippen LogP contribution in [0.15, 0.2) is 116 Å². The standard InChI is InChI=1S/C39H35N3O4/c1-46-39(45)29-13-7-11-27(21-29)32-16-15-30(24-40-37(43)35-23-34(35)26-9-3-2-4-10-26)36-25-42(20-17-33(32)36)38(44)28-12-8-14-31(22-28)41-18-5-6-19-41/h2-16,18-19,21-22,34-35H,17,20,23-25H2,1H3,(H,40,43)/t34-,35+/m1/s1. The Hall–Kier alpha value is -5.43. The molecular formula is C39H35N3O4. The van der Waals surface area contributed by atoms with Gasteiger partial charge < -0.3 is 19.5 Å². The van der Waals surface area contributed by atoms with Crippen molar-refractivity contribution in [3.05, 3.63) is 149 Å². The number of nitrogens with one attached hydrogen (secondary N) is 1. The minimum absolute atomic E-state index is 0.0239. The first-order valence-electron chi connectivity index (χ1n) is 15.7. The van der Waals surface area contributed by atoms with Crippen molar-refractivity contribution >= 4 is 17.8 Å². The van der Waals surface area contributed by atoms with E-state index in [0.717, 1.165) is 39.9 Å². The van der Waals surface area contributed by atoms with Crippen LogP contribution in [0.5, 0.6) is 0 Å². The quantitative estimate of drug-likeness (QED) is 0.202. The third kappa shape index (κ3) is 5.84. The predicted octanol–water partition coefficient (Wildman–Crippen LogP) is 6.55. The van der Waals surface area contributed by atoms with E-state index in [1.807, 2.05) is 101 Å². The summed E-state index contributed by atoms with van der Waals surface area (Å²) in [5.41, 5.74) is 8.34. The van der Waals surface area contributed by atoms with Crippen molar-refractivity contribution in [2.45, 2.75) is 31.8 Å². The lowest BCUT2D eigenvalue weighted by atomic mass is 9.87. The Labute approximate surface area is 268 Å². The number of fused-ring (bicyclic) bond motifs is 1. The molecule has 2 aliphatic rings. The third-order valence-corrected chi connectivity index (χ3v) is 9.19. The Morgan fingerprint density at radius 2 is 1.61 bits per heavy atom. The summed E-state index contributed by atoms with van der Waals surface area (Å²) < 4.78 is 6.95. The number of aromatic nitrogens is 1. The van der Waals surface area contributed by atoms with Crippen LogP contribution in [0.3, 0.4) is 0 Å². The minimum atomic E-state index is -0.386. The molecule has 0 saturated heterocycles. The molecule has 0 unspecified atom stereocenters. The number of nitrogens with zero attached hydrogens (tertiary/aromatic N) is 2. The number of esters is 1. The molecule has 0 bridgehead atoms. The molecule has 1 saturated carbocycles. The van der Waals surface area contributed by atoms with Gasteiger partial charge in [0, 0.05) is 49.2 Å². The number of rotatable bonds is 8. The van der Waals surface area contributed by atoms with Crippen molar-refractivity contribution in [3.63, 3.8) is 0 Å². The van der Waals surface area contributed by atoms with Gasteiger partial charge in [0.2, 0.25) is 5.91 Å². The Kier molecular flexibility index (Phi) is 7.97. The van der Waals surface area contributed by atoms with Gasteiger partial charge in [0.1, 0.15) is 0 Å². The zero-order chi connectivity index (χ0) is 31.6. The fraction of sp³-hybridized carbons (Fsp3) is 0.205. The molecule has 1 fully saturated rings. The first-order chi connectivity index (χ1) is 22.5. The van der Waals surface area contributed by atoms with Crippen LogP contribution in [0, 0.1) is 5.92 Å². The highest BCUT2D eigenvalue weighted by atomic mass is 16.5. The summed E-state index contributed by atoms with van der Waals surface area (Å²) in [4.78, 5) is 41.3. The highest BCUT2D eigenvalue weighted by Crippen LogP contribution is 2.47. The molecule has 1 aromatic heterocycles. The fourth-order valence-electron chi connectivity index (χ4n) is 6.64. The van der Waals surface area contributed by atoms with Gasteiger partial charge in [-0.1, -0.05) is 60.7 Å². The van der Waals surface area contributed by atoms with Crippen molar-refractivity contribution < 1.29 is 19.1 Å². The SMILES string of the molecule is COC(=O)c1cccc(-c2ccc(CNC(=O)[C@H]3C[C@@H]3c3ccccc3)c3c2CCN(C(=O)c2cccc(-n4cccc4)c2)C3)c1. The monoisotopic (exact) mass is 609 g/mol. The average molecular weight is 610 g/mol. The van der Waals surface area contributed by atoms with E-state index in [9.17, 15) is 14.4 Å². The van der Waals surface area contributed by atoms with Gasteiger partial charge >= 0.3 is 5.97 Å². The summed E-state index contributed by atoms with van der Waals surface area (Å²) in [5.74, 6) is -0.124. The lowest BCUT2D eigenvalue weighted by Gasteiger charge is -2.32. The number of hydrogen-bond acceptors (Lipinski definition) is 4. The Morgan fingerprint density at radius 1 is 0.826 bits per heavy atom. The van der Waals surface area contributed by atoms with Crippen LogP contribution < -0.4 is 5.32 Å². The van der Waals surface area contributed by atoms with Crippen molar-refractivity contribution in [1.82, 2.24) is 14.8 Å². The van der Waals surface area contributed by atoms with Crippen LogP contribution in [0.2, 0.25) is 0 Å². The molecule has 1 aliphatic carbocycles. The second-order valence-electron chi connectivity index (χ2n) is 12.0. The van der Waals surface area contributed by atoms with Gasteiger partial charge in [-0.05, 0) is 94.6 Å². The Balaban J connectivity index is 1.17. The van der Waals surface area contributed by atoms with Gasteiger partial charge in [0.25, 0.3) is 5.91 Å². The van der Waals surface area contributed by atoms with E-state index in [2.05, 4.69) is 23.5 Å². The van der Waals surface area contributed by atoms with Crippen LogP contribution in [0.1, 0.15) is 55.3 Å². The molecule has 230 valence electrons. The maximum absolute atomic E-state index is 13.9. The molecule has 7 heteroatoms. The molecule has 2 heterocycles. The number of methoxy groups -OCH3 is 1. The number of ether oxygens (including phenoxy) is 1. The predicted molar refractivity (Wildman–Crippen MR) is 177 cm³/mol. The van der Waals surface area contributed by atoms with Gasteiger partial charge in [-0.2, -0.15) is 0 Å². The van der Waals surface area contributed by atoms with Gasteiger partial charge in [-0.3, -0.25) is 9.59 Å². The molecule has 1 N–H and O–H groups in total. The van der Waals surface area contributed by atoms with Gasteiger partial charge in [-0.25, -0.2) is 4.79 Å². The summed E-state index contributed by atoms with van der Waals surface area (Å²) >= 11 is 0. The zero-order valence-electron chi connectivity index (χ0n) is 25.7. The van der Waals surface area contributed by atoms with E-state index < -0.39 is 0 Å². The van der Waals surface area contributed by atoms with Crippen molar-refractivity contribution in [2.24, 2.45) is 5.92 Å². The molecule has 0 spiro atoms. The Bertz CT molecular complexity index is 1920. The molecule has 5 aromatic rings. The lowest BCUT2D eigenvalue weighted by Crippen LogP contribution is -2.37. The maximum atomic E-state index is 13.9. The zero-order valence-corrected chi connectivity index (χ0v) is 25.7. The summed E-state index contributed by atoms with van der Waals surface area (Å²) in [6.07, 6.45) is 5.42. The van der Waals surface area contributed by atoms with E-state index in [1.165, 1.54) is 12.7 Å². The highest BCUT2D eigenvalue weighted by Gasteiger charge is 2.43. The van der Waals surface area contributed by atoms with E-state index in [0.29, 0.717) is 37.2 Å². The summed E-state index contributed by atoms with van der Waals surface area (Å²) in [5, 5.41) is 3.19. The maximum Gasteiger partial charge on any atom is 0.337 e. The van der Waals surface area contributed by atoms with Crippen LogP contribution in [0.25, 0.3) is 16.8 Å². The first-order valence-corrected chi connectivity index (χ1v) is 15.7.